The van der Waals surface area contributed by atoms with Gasteiger partial charge < -0.3 is 14.4 Å². The average Bonchev–Trinajstić information content (AvgIpc) is 3.55. The molecule has 8 nitrogen and oxygen atoms in total. The molecular weight excluding hydrogens is 537 g/mol. The van der Waals surface area contributed by atoms with E-state index in [4.69, 9.17) is 4.18 Å². The van der Waals surface area contributed by atoms with E-state index in [-0.39, 0.29) is 43.6 Å². The van der Waals surface area contributed by atoms with E-state index < -0.39 is 0 Å². The molecule has 3 aromatic rings. The van der Waals surface area contributed by atoms with Crippen LogP contribution in [-0.2, 0) is 12.8 Å². The quantitative estimate of drug-likeness (QED) is 0.203. The maximum atomic E-state index is 14.9. The van der Waals surface area contributed by atoms with Gasteiger partial charge in [-0.05, 0) is 80.2 Å². The number of rotatable bonds is 13. The Morgan fingerprint density at radius 1 is 1.14 bits per heavy atom. The zero-order valence-corrected chi connectivity index (χ0v) is 23.8. The fraction of sp³-hybridized carbons (Fsp3) is 0.458. The highest BCUT2D eigenvalue weighted by Gasteiger charge is 2.25. The smallest absolute Gasteiger partial charge is 0.343 e. The van der Waals surface area contributed by atoms with Gasteiger partial charge in [-0.3, -0.25) is 4.98 Å². The van der Waals surface area contributed by atoms with Crippen LogP contribution in [0.4, 0.5) is 19.9 Å². The number of pyridine rings is 1. The van der Waals surface area contributed by atoms with Crippen LogP contribution in [0.15, 0.2) is 30.6 Å². The van der Waals surface area contributed by atoms with Crippen molar-refractivity contribution in [3.05, 3.63) is 47.5 Å². The van der Waals surface area contributed by atoms with Gasteiger partial charge >= 0.3 is 6.01 Å². The van der Waals surface area contributed by atoms with Crippen LogP contribution in [0.1, 0.15) is 37.8 Å². The Labute approximate surface area is 232 Å². The molecule has 0 atom stereocenters. The van der Waals surface area contributed by atoms with Crippen LogP contribution in [0, 0.1) is 5.82 Å². The second kappa shape index (κ2) is 14.2. The lowest BCUT2D eigenvalue weighted by Crippen LogP contribution is -2.26. The summed E-state index contributed by atoms with van der Waals surface area (Å²) in [6.07, 6.45) is 6.61. The second-order valence-electron chi connectivity index (χ2n) is 8.50. The van der Waals surface area contributed by atoms with Gasteiger partial charge in [0.2, 0.25) is 0 Å². The molecule has 0 saturated carbocycles. The number of hydrogen-bond acceptors (Lipinski definition) is 9. The topological polar surface area (TPSA) is 71.3 Å². The molecule has 0 radical (unpaired) electrons. The summed E-state index contributed by atoms with van der Waals surface area (Å²) in [7, 11) is 1.91. The van der Waals surface area contributed by atoms with Crippen molar-refractivity contribution in [1.82, 2.24) is 28.4 Å². The lowest BCUT2D eigenvalue weighted by Gasteiger charge is -2.19. The van der Waals surface area contributed by atoms with Crippen molar-refractivity contribution in [2.24, 2.45) is 0 Å². The highest BCUT2D eigenvalue weighted by molar-refractivity contribution is 7.93. The molecule has 202 valence electrons. The van der Waals surface area contributed by atoms with Gasteiger partial charge in [0.05, 0.1) is 5.69 Å². The lowest BCUT2D eigenvalue weighted by molar-refractivity contribution is 0.291. The second-order valence-corrected chi connectivity index (χ2v) is 9.93. The summed E-state index contributed by atoms with van der Waals surface area (Å²) in [4.78, 5) is 10.8. The van der Waals surface area contributed by atoms with E-state index in [1.807, 2.05) is 23.5 Å². The third-order valence-corrected chi connectivity index (χ3v) is 7.30. The molecule has 0 unspecified atom stereocenters. The van der Waals surface area contributed by atoms with Gasteiger partial charge in [-0.25, -0.2) is 8.70 Å². The molecule has 0 aliphatic heterocycles. The van der Waals surface area contributed by atoms with Crippen LogP contribution in [0.5, 0.6) is 6.01 Å². The molecule has 2 heterocycles. The molecule has 0 bridgehead atoms. The van der Waals surface area contributed by atoms with E-state index in [9.17, 15) is 8.28 Å². The van der Waals surface area contributed by atoms with E-state index >= 15 is 0 Å². The monoisotopic (exact) mass is 569 g/mol. The Kier molecular flexibility index (Phi) is 11.3. The molecule has 1 aromatic carbocycles. The number of fused-ring (bicyclic) bond motifs is 1. The van der Waals surface area contributed by atoms with Crippen LogP contribution in [0.2, 0.25) is 0 Å². The van der Waals surface area contributed by atoms with Crippen LogP contribution >= 0.6 is 38.1 Å². The normalized spacial score (nSPS) is 12.6. The molecule has 0 spiro atoms. The van der Waals surface area contributed by atoms with Crippen molar-refractivity contribution in [3.63, 3.8) is 0 Å². The van der Waals surface area contributed by atoms with Crippen molar-refractivity contribution >= 4 is 49.7 Å². The van der Waals surface area contributed by atoms with E-state index in [1.54, 1.807) is 12.4 Å². The third-order valence-electron chi connectivity index (χ3n) is 6.27. The number of halogens is 2. The molecule has 1 aliphatic rings. The predicted molar refractivity (Wildman–Crippen MR) is 153 cm³/mol. The zero-order chi connectivity index (χ0) is 25.5. The van der Waals surface area contributed by atoms with Crippen molar-refractivity contribution in [2.75, 3.05) is 38.5 Å². The first kappa shape index (κ1) is 29.5. The summed E-state index contributed by atoms with van der Waals surface area (Å²) >= 11 is 1.00. The number of nitrogens with zero attached hydrogens (tertiary/aromatic N) is 6. The van der Waals surface area contributed by atoms with E-state index in [0.29, 0.717) is 17.5 Å². The van der Waals surface area contributed by atoms with Crippen molar-refractivity contribution < 1.29 is 12.5 Å². The molecule has 1 aliphatic carbocycles. The summed E-state index contributed by atoms with van der Waals surface area (Å²) in [6.45, 7) is 8.16. The molecule has 0 saturated heterocycles. The number of aromatic nitrogens is 4. The largest absolute Gasteiger partial charge is 0.372 e. The lowest BCUT2D eigenvalue weighted by atomic mass is 9.97. The number of nitrogens with one attached hydrogen (secondary N) is 1. The van der Waals surface area contributed by atoms with E-state index in [0.717, 1.165) is 78.6 Å². The minimum Gasteiger partial charge on any atom is -0.372 e. The van der Waals surface area contributed by atoms with Crippen LogP contribution < -0.4 is 9.50 Å². The minimum atomic E-state index is -0.220. The van der Waals surface area contributed by atoms with Crippen LogP contribution in [0.3, 0.4) is 0 Å². The standard InChI is InChI=1S/C24H31F2N7OS2.H2S/c1-4-32(5-2)15-7-14-31(3)36-34-24-29-23(30-33(24)35-26)28-22-19-9-6-8-18(19)21(25)16-20(22)17-10-12-27-13-11-17;/h10-13,16H,4-9,14-15H2,1-3H3,(H,28,30);1H2. The third kappa shape index (κ3) is 7.29. The Bertz CT molecular complexity index is 1150. The van der Waals surface area contributed by atoms with Gasteiger partial charge in [0, 0.05) is 31.5 Å². The summed E-state index contributed by atoms with van der Waals surface area (Å²) in [5.41, 5.74) is 3.83. The van der Waals surface area contributed by atoms with Gasteiger partial charge in [-0.15, -0.1) is 13.1 Å². The SMILES string of the molecule is CCN(CC)CCCN(C)SOc1nc(Nc2c(-c3ccncc3)cc(F)c3c2CCC3)nn1SF.S. The fourth-order valence-electron chi connectivity index (χ4n) is 4.37. The highest BCUT2D eigenvalue weighted by atomic mass is 32.2. The first-order valence-electron chi connectivity index (χ1n) is 12.1. The molecule has 0 amide bonds. The Balaban J connectivity index is 0.00000380. The number of benzene rings is 1. The van der Waals surface area contributed by atoms with E-state index in [2.05, 4.69) is 39.1 Å². The Hall–Kier alpha value is -2.06. The zero-order valence-electron chi connectivity index (χ0n) is 21.2. The Morgan fingerprint density at radius 2 is 1.86 bits per heavy atom. The maximum Gasteiger partial charge on any atom is 0.343 e. The van der Waals surface area contributed by atoms with Gasteiger partial charge in [-0.2, -0.15) is 18.5 Å². The molecular formula is C24H33F2N7OS3. The highest BCUT2D eigenvalue weighted by Crippen LogP contribution is 2.40. The van der Waals surface area contributed by atoms with E-state index in [1.165, 1.54) is 6.07 Å². The van der Waals surface area contributed by atoms with Crippen molar-refractivity contribution in [3.8, 4) is 17.1 Å². The summed E-state index contributed by atoms with van der Waals surface area (Å²) in [6, 6.07) is 5.20. The van der Waals surface area contributed by atoms with Crippen molar-refractivity contribution in [1.29, 1.82) is 0 Å². The first-order chi connectivity index (χ1) is 17.5. The molecule has 1 N–H and O–H groups in total. The summed E-state index contributed by atoms with van der Waals surface area (Å²) in [5, 5.41) is 7.43. The minimum absolute atomic E-state index is 0. The Morgan fingerprint density at radius 3 is 2.57 bits per heavy atom. The number of hydrogen-bond donors (Lipinski definition) is 1. The summed E-state index contributed by atoms with van der Waals surface area (Å²) < 4.78 is 37.1. The first-order valence-corrected chi connectivity index (χ1v) is 13.5. The number of anilines is 2. The summed E-state index contributed by atoms with van der Waals surface area (Å²) in [5.74, 6) is -0.0435. The fourth-order valence-corrected chi connectivity index (χ4v) is 5.17. The van der Waals surface area contributed by atoms with Crippen LogP contribution in [0.25, 0.3) is 11.1 Å². The maximum absolute atomic E-state index is 14.9. The van der Waals surface area contributed by atoms with Gasteiger partial charge in [0.25, 0.3) is 5.95 Å². The molecule has 13 heteroatoms. The van der Waals surface area contributed by atoms with Gasteiger partial charge in [0.1, 0.15) is 5.82 Å². The molecule has 4 rings (SSSR count). The predicted octanol–water partition coefficient (Wildman–Crippen LogP) is 5.81. The molecule has 0 fully saturated rings. The molecule has 37 heavy (non-hydrogen) atoms. The van der Waals surface area contributed by atoms with Gasteiger partial charge in [0.15, 0.2) is 24.6 Å². The van der Waals surface area contributed by atoms with Crippen molar-refractivity contribution in [2.45, 2.75) is 39.5 Å². The molecule has 2 aromatic heterocycles. The van der Waals surface area contributed by atoms with Crippen LogP contribution in [-0.4, -0.2) is 61.6 Å². The average molecular weight is 570 g/mol. The van der Waals surface area contributed by atoms with Gasteiger partial charge in [-0.1, -0.05) is 13.8 Å².